The third-order valence-electron chi connectivity index (χ3n) is 3.95. The Morgan fingerprint density at radius 3 is 1.81 bits per heavy atom. The highest BCUT2D eigenvalue weighted by Gasteiger charge is 2.30. The predicted molar refractivity (Wildman–Crippen MR) is 104 cm³/mol. The first kappa shape index (κ1) is 19.3. The largest absolute Gasteiger partial charge is 0.290 e. The first-order valence-electron chi connectivity index (χ1n) is 8.16. The van der Waals surface area contributed by atoms with E-state index >= 15 is 4.39 Å². The maximum Gasteiger partial charge on any atom is 0.290 e. The van der Waals surface area contributed by atoms with Crippen molar-refractivity contribution in [1.29, 1.82) is 0 Å². The second-order valence-electron chi connectivity index (χ2n) is 5.97. The summed E-state index contributed by atoms with van der Waals surface area (Å²) in [6.07, 6.45) is 0. The Labute approximate surface area is 158 Å². The number of halogens is 1. The average Bonchev–Trinajstić information content (AvgIpc) is 2.68. The lowest BCUT2D eigenvalue weighted by atomic mass is 10.2. The number of rotatable bonds is 5. The summed E-state index contributed by atoms with van der Waals surface area (Å²) in [5.74, 6) is 0. The monoisotopic (exact) mass is 403 g/mol. The molecule has 4 nitrogen and oxygen atoms in total. The number of hydrogen-bond acceptors (Lipinski definition) is 3. The zero-order valence-electron chi connectivity index (χ0n) is 14.5. The molecule has 3 aromatic rings. The molecule has 3 aromatic carbocycles. The zero-order chi connectivity index (χ0) is 19.5. The van der Waals surface area contributed by atoms with Gasteiger partial charge in [-0.1, -0.05) is 70.0 Å². The zero-order valence-corrected chi connectivity index (χ0v) is 16.2. The van der Waals surface area contributed by atoms with Gasteiger partial charge in [0.1, 0.15) is 9.73 Å². The summed E-state index contributed by atoms with van der Waals surface area (Å²) in [4.78, 5) is -0.103. The molecule has 0 unspecified atom stereocenters. The molecular formula is C20H18FNO3S2. The first-order chi connectivity index (χ1) is 12.8. The number of hydrogen-bond donors (Lipinski definition) is 0. The van der Waals surface area contributed by atoms with Crippen LogP contribution in [-0.2, 0) is 19.8 Å². The topological polar surface area (TPSA) is 63.6 Å². The van der Waals surface area contributed by atoms with E-state index in [0.29, 0.717) is 0 Å². The summed E-state index contributed by atoms with van der Waals surface area (Å²) < 4.78 is 58.1. The lowest BCUT2D eigenvalue weighted by Gasteiger charge is -2.15. The van der Waals surface area contributed by atoms with Gasteiger partial charge in [0, 0.05) is 0 Å². The van der Waals surface area contributed by atoms with Crippen molar-refractivity contribution in [2.24, 2.45) is 3.77 Å². The minimum absolute atomic E-state index is 0.0250. The minimum atomic E-state index is -4.33. The van der Waals surface area contributed by atoms with E-state index in [0.717, 1.165) is 5.56 Å². The number of nitrogens with zero attached hydrogens (tertiary/aromatic N) is 1. The molecule has 0 aliphatic rings. The van der Waals surface area contributed by atoms with Crippen LogP contribution in [0.1, 0.15) is 16.6 Å². The van der Waals surface area contributed by atoms with Gasteiger partial charge in [-0.3, -0.25) is 0 Å². The van der Waals surface area contributed by atoms with Gasteiger partial charge in [-0.05, 0) is 36.8 Å². The summed E-state index contributed by atoms with van der Waals surface area (Å²) in [7, 11) is -8.27. The Kier molecular flexibility index (Phi) is 5.43. The van der Waals surface area contributed by atoms with Gasteiger partial charge in [0.2, 0.25) is 5.50 Å². The van der Waals surface area contributed by atoms with Crippen molar-refractivity contribution in [2.75, 3.05) is 0 Å². The molecule has 0 aromatic heterocycles. The smallest absolute Gasteiger partial charge is 0.240 e. The van der Waals surface area contributed by atoms with E-state index in [4.69, 9.17) is 0 Å². The highest BCUT2D eigenvalue weighted by molar-refractivity contribution is 8.03. The molecule has 0 aliphatic carbocycles. The first-order valence-corrected chi connectivity index (χ1v) is 11.2. The van der Waals surface area contributed by atoms with Gasteiger partial charge in [-0.15, -0.1) is 0 Å². The van der Waals surface area contributed by atoms with Crippen molar-refractivity contribution in [3.63, 3.8) is 0 Å². The summed E-state index contributed by atoms with van der Waals surface area (Å²) in [6.45, 7) is 1.81. The molecule has 0 amide bonds. The van der Waals surface area contributed by atoms with Crippen molar-refractivity contribution >= 4 is 19.8 Å². The molecule has 0 aliphatic heterocycles. The van der Waals surface area contributed by atoms with Crippen LogP contribution < -0.4 is 0 Å². The lowest BCUT2D eigenvalue weighted by Crippen LogP contribution is -2.13. The molecule has 2 atom stereocenters. The molecule has 0 N–H and O–H groups in total. The molecular weight excluding hydrogens is 385 g/mol. The Morgan fingerprint density at radius 2 is 1.26 bits per heavy atom. The van der Waals surface area contributed by atoms with Crippen molar-refractivity contribution in [3.05, 3.63) is 96.1 Å². The fourth-order valence-electron chi connectivity index (χ4n) is 2.50. The van der Waals surface area contributed by atoms with Crippen molar-refractivity contribution in [1.82, 2.24) is 0 Å². The summed E-state index contributed by atoms with van der Waals surface area (Å²) >= 11 is 0. The molecule has 7 heteroatoms. The van der Waals surface area contributed by atoms with E-state index in [1.807, 2.05) is 6.92 Å². The Hall–Kier alpha value is -2.51. The van der Waals surface area contributed by atoms with Gasteiger partial charge in [0.05, 0.1) is 9.79 Å². The van der Waals surface area contributed by atoms with Crippen molar-refractivity contribution < 1.29 is 17.0 Å². The van der Waals surface area contributed by atoms with E-state index in [2.05, 4.69) is 3.77 Å². The highest BCUT2D eigenvalue weighted by Crippen LogP contribution is 2.34. The number of aryl methyl sites for hydroxylation is 1. The van der Waals surface area contributed by atoms with E-state index in [9.17, 15) is 12.6 Å². The maximum absolute atomic E-state index is 15.3. The molecule has 0 saturated heterocycles. The van der Waals surface area contributed by atoms with Crippen LogP contribution >= 0.6 is 0 Å². The van der Waals surface area contributed by atoms with Crippen LogP contribution in [0.4, 0.5) is 4.39 Å². The van der Waals surface area contributed by atoms with E-state index in [1.54, 1.807) is 48.5 Å². The van der Waals surface area contributed by atoms with Gasteiger partial charge in [0.25, 0.3) is 10.0 Å². The van der Waals surface area contributed by atoms with Crippen LogP contribution in [0, 0.1) is 6.92 Å². The van der Waals surface area contributed by atoms with E-state index in [-0.39, 0.29) is 15.4 Å². The maximum atomic E-state index is 15.3. The Balaban J connectivity index is 2.23. The molecule has 0 spiro atoms. The van der Waals surface area contributed by atoms with Gasteiger partial charge < -0.3 is 0 Å². The molecule has 0 bridgehead atoms. The Bertz CT molecular complexity index is 1140. The second-order valence-corrected chi connectivity index (χ2v) is 10.0. The van der Waals surface area contributed by atoms with Crippen LogP contribution in [0.15, 0.2) is 98.5 Å². The molecule has 140 valence electrons. The van der Waals surface area contributed by atoms with Crippen LogP contribution in [0.2, 0.25) is 0 Å². The summed E-state index contributed by atoms with van der Waals surface area (Å²) in [6, 6.07) is 21.4. The molecule has 3 rings (SSSR count). The number of alkyl halides is 1. The van der Waals surface area contributed by atoms with Gasteiger partial charge in [-0.2, -0.15) is 8.42 Å². The summed E-state index contributed by atoms with van der Waals surface area (Å²) in [5, 5.41) is 0. The lowest BCUT2D eigenvalue weighted by molar-refractivity contribution is 0.450. The fourth-order valence-corrected chi connectivity index (χ4v) is 6.45. The van der Waals surface area contributed by atoms with Gasteiger partial charge >= 0.3 is 0 Å². The average molecular weight is 404 g/mol. The van der Waals surface area contributed by atoms with E-state index in [1.165, 1.54) is 36.4 Å². The third-order valence-corrected chi connectivity index (χ3v) is 8.27. The third kappa shape index (κ3) is 4.09. The normalized spacial score (nSPS) is 14.9. The quantitative estimate of drug-likeness (QED) is 0.610. The second kappa shape index (κ2) is 7.62. The van der Waals surface area contributed by atoms with Crippen LogP contribution in [-0.4, -0.2) is 12.6 Å². The minimum Gasteiger partial charge on any atom is -0.240 e. The standard InChI is InChI=1S/C20H18FNO3S2/c1-16-12-14-19(15-13-16)27(24,25)22-26(23,18-10-6-3-7-11-18)20(21)17-8-4-2-5-9-17/h2-15,20H,1H3/t20-,26+/m0/s1. The van der Waals surface area contributed by atoms with Gasteiger partial charge in [-0.25, -0.2) is 8.60 Å². The molecule has 27 heavy (non-hydrogen) atoms. The molecule has 0 heterocycles. The van der Waals surface area contributed by atoms with Crippen LogP contribution in [0.3, 0.4) is 0 Å². The van der Waals surface area contributed by atoms with Crippen LogP contribution in [0.25, 0.3) is 0 Å². The van der Waals surface area contributed by atoms with Crippen molar-refractivity contribution in [3.8, 4) is 0 Å². The molecule has 0 radical (unpaired) electrons. The number of sulfonamides is 1. The van der Waals surface area contributed by atoms with Crippen LogP contribution in [0.5, 0.6) is 0 Å². The highest BCUT2D eigenvalue weighted by atomic mass is 32.3. The van der Waals surface area contributed by atoms with Crippen molar-refractivity contribution in [2.45, 2.75) is 22.2 Å². The molecule has 0 saturated carbocycles. The van der Waals surface area contributed by atoms with Gasteiger partial charge in [0.15, 0.2) is 0 Å². The summed E-state index contributed by atoms with van der Waals surface area (Å²) in [5.41, 5.74) is -1.12. The SMILES string of the molecule is Cc1ccc(S(=O)(=O)N=[S@@](=O)(c2ccccc2)[C@H](F)c2ccccc2)cc1. The number of benzene rings is 3. The molecule has 0 fully saturated rings. The van der Waals surface area contributed by atoms with E-state index < -0.39 is 25.3 Å². The Morgan fingerprint density at radius 1 is 0.741 bits per heavy atom. The fraction of sp³-hybridized carbons (Fsp3) is 0.100. The predicted octanol–water partition coefficient (Wildman–Crippen LogP) is 4.88.